The van der Waals surface area contributed by atoms with Crippen LogP contribution in [-0.4, -0.2) is 69.9 Å². The molecular weight excluding hydrogens is 371 g/mol. The van der Waals surface area contributed by atoms with Crippen molar-refractivity contribution in [1.29, 1.82) is 0 Å². The van der Waals surface area contributed by atoms with Crippen LogP contribution in [0.5, 0.6) is 0 Å². The summed E-state index contributed by atoms with van der Waals surface area (Å²) in [5, 5.41) is 12.6. The van der Waals surface area contributed by atoms with E-state index in [4.69, 9.17) is 0 Å². The molecule has 0 aliphatic carbocycles. The van der Waals surface area contributed by atoms with Gasteiger partial charge in [0.05, 0.1) is 6.54 Å². The molecule has 26 heavy (non-hydrogen) atoms. The van der Waals surface area contributed by atoms with Crippen LogP contribution in [0.2, 0.25) is 0 Å². The molecule has 1 atom stereocenters. The van der Waals surface area contributed by atoms with Gasteiger partial charge in [0.2, 0.25) is 0 Å². The van der Waals surface area contributed by atoms with Crippen molar-refractivity contribution in [2.75, 3.05) is 39.3 Å². The maximum atomic E-state index is 4.61. The number of likely N-dealkylation sites (tertiary alicyclic amines) is 2. The van der Waals surface area contributed by atoms with E-state index in [2.05, 4.69) is 36.9 Å². The van der Waals surface area contributed by atoms with Crippen molar-refractivity contribution in [2.24, 2.45) is 7.05 Å². The molecule has 1 unspecified atom stereocenters. The van der Waals surface area contributed by atoms with E-state index >= 15 is 0 Å². The highest BCUT2D eigenvalue weighted by Crippen LogP contribution is 2.29. The van der Waals surface area contributed by atoms with Crippen LogP contribution >= 0.6 is 24.8 Å². The molecule has 150 valence electrons. The number of hydrogen-bond donors (Lipinski definition) is 1. The van der Waals surface area contributed by atoms with E-state index in [1.54, 1.807) is 0 Å². The Morgan fingerprint density at radius 2 is 1.69 bits per heavy atom. The average molecular weight is 405 g/mol. The molecule has 3 saturated heterocycles. The molecule has 1 aromatic heterocycles. The van der Waals surface area contributed by atoms with Crippen LogP contribution in [0.25, 0.3) is 0 Å². The van der Waals surface area contributed by atoms with Crippen LogP contribution in [0.15, 0.2) is 0 Å². The number of aromatic nitrogens is 3. The monoisotopic (exact) mass is 404 g/mol. The minimum Gasteiger partial charge on any atom is -0.317 e. The molecule has 6 nitrogen and oxygen atoms in total. The van der Waals surface area contributed by atoms with E-state index in [1.165, 1.54) is 83.6 Å². The molecule has 4 rings (SSSR count). The summed E-state index contributed by atoms with van der Waals surface area (Å²) in [6, 6.07) is 0.770. The Balaban J connectivity index is 0.00000121. The van der Waals surface area contributed by atoms with E-state index in [1.807, 2.05) is 0 Å². The fourth-order valence-corrected chi connectivity index (χ4v) is 4.73. The first-order chi connectivity index (χ1) is 11.8. The fraction of sp³-hybridized carbons (Fsp3) is 0.889. The van der Waals surface area contributed by atoms with Crippen LogP contribution in [0, 0.1) is 0 Å². The Hall–Kier alpha value is -0.400. The van der Waals surface area contributed by atoms with Gasteiger partial charge in [-0.2, -0.15) is 0 Å². The summed E-state index contributed by atoms with van der Waals surface area (Å²) in [6.45, 7) is 8.18. The summed E-state index contributed by atoms with van der Waals surface area (Å²) in [5.41, 5.74) is 0. The minimum absolute atomic E-state index is 0. The number of rotatable bonds is 4. The third kappa shape index (κ3) is 4.90. The number of nitrogens with zero attached hydrogens (tertiary/aromatic N) is 5. The van der Waals surface area contributed by atoms with Crippen molar-refractivity contribution in [3.8, 4) is 0 Å². The van der Waals surface area contributed by atoms with Gasteiger partial charge in [-0.3, -0.25) is 9.80 Å². The first-order valence-electron chi connectivity index (χ1n) is 9.86. The zero-order chi connectivity index (χ0) is 16.4. The summed E-state index contributed by atoms with van der Waals surface area (Å²) < 4.78 is 2.29. The van der Waals surface area contributed by atoms with Crippen LogP contribution in [0.3, 0.4) is 0 Å². The lowest BCUT2D eigenvalue weighted by Gasteiger charge is -2.39. The molecule has 1 N–H and O–H groups in total. The first-order valence-corrected chi connectivity index (χ1v) is 9.86. The van der Waals surface area contributed by atoms with Crippen molar-refractivity contribution in [1.82, 2.24) is 29.9 Å². The maximum absolute atomic E-state index is 4.61. The van der Waals surface area contributed by atoms with E-state index < -0.39 is 0 Å². The highest BCUT2D eigenvalue weighted by molar-refractivity contribution is 5.85. The SMILES string of the molecule is Cl.Cl.Cn1c(CN2CCCC2)nnc1C1CCCN(C2CCNCC2)C1. The Labute approximate surface area is 169 Å². The second kappa shape index (κ2) is 10.2. The second-order valence-electron chi connectivity index (χ2n) is 7.83. The van der Waals surface area contributed by atoms with Crippen molar-refractivity contribution in [2.45, 2.75) is 57.0 Å². The molecule has 0 bridgehead atoms. The van der Waals surface area contributed by atoms with E-state index in [-0.39, 0.29) is 24.8 Å². The summed E-state index contributed by atoms with van der Waals surface area (Å²) in [4.78, 5) is 5.24. The quantitative estimate of drug-likeness (QED) is 0.832. The average Bonchev–Trinajstić information content (AvgIpc) is 3.27. The highest BCUT2D eigenvalue weighted by atomic mass is 35.5. The highest BCUT2D eigenvalue weighted by Gasteiger charge is 2.30. The van der Waals surface area contributed by atoms with Gasteiger partial charge in [0.25, 0.3) is 0 Å². The molecule has 0 spiro atoms. The largest absolute Gasteiger partial charge is 0.317 e. The van der Waals surface area contributed by atoms with Crippen molar-refractivity contribution in [3.05, 3.63) is 11.6 Å². The van der Waals surface area contributed by atoms with Gasteiger partial charge in [-0.15, -0.1) is 35.0 Å². The number of nitrogens with one attached hydrogen (secondary N) is 1. The molecule has 0 aromatic carbocycles. The molecule has 1 aromatic rings. The minimum atomic E-state index is 0. The summed E-state index contributed by atoms with van der Waals surface area (Å²) in [6.07, 6.45) is 7.81. The molecule has 3 aliphatic rings. The van der Waals surface area contributed by atoms with Crippen LogP contribution in [-0.2, 0) is 13.6 Å². The van der Waals surface area contributed by atoms with Crippen LogP contribution < -0.4 is 5.32 Å². The lowest BCUT2D eigenvalue weighted by molar-refractivity contribution is 0.120. The van der Waals surface area contributed by atoms with Crippen LogP contribution in [0.1, 0.15) is 56.1 Å². The van der Waals surface area contributed by atoms with E-state index in [0.717, 1.165) is 18.4 Å². The van der Waals surface area contributed by atoms with Crippen molar-refractivity contribution < 1.29 is 0 Å². The molecule has 0 amide bonds. The Bertz CT molecular complexity index is 540. The Kier molecular flexibility index (Phi) is 8.61. The maximum Gasteiger partial charge on any atom is 0.146 e. The van der Waals surface area contributed by atoms with E-state index in [0.29, 0.717) is 5.92 Å². The zero-order valence-electron chi connectivity index (χ0n) is 15.9. The molecule has 3 aliphatic heterocycles. The van der Waals surface area contributed by atoms with Gasteiger partial charge in [-0.25, -0.2) is 0 Å². The molecule has 3 fully saturated rings. The topological polar surface area (TPSA) is 49.2 Å². The predicted octanol–water partition coefficient (Wildman–Crippen LogP) is 2.19. The Morgan fingerprint density at radius 1 is 0.962 bits per heavy atom. The van der Waals surface area contributed by atoms with Crippen molar-refractivity contribution >= 4 is 24.8 Å². The lowest BCUT2D eigenvalue weighted by atomic mass is 9.93. The fourth-order valence-electron chi connectivity index (χ4n) is 4.73. The number of halogens is 2. The Morgan fingerprint density at radius 3 is 2.42 bits per heavy atom. The summed E-state index contributed by atoms with van der Waals surface area (Å²) in [7, 11) is 2.17. The molecule has 0 radical (unpaired) electrons. The third-order valence-corrected chi connectivity index (χ3v) is 6.21. The van der Waals surface area contributed by atoms with Gasteiger partial charge < -0.3 is 9.88 Å². The van der Waals surface area contributed by atoms with Gasteiger partial charge in [0.1, 0.15) is 11.6 Å². The standard InChI is InChI=1S/C18H32N6.2ClH/c1-22-17(14-23-10-2-3-11-23)20-21-18(22)15-5-4-12-24(13-15)16-6-8-19-9-7-16;;/h15-16,19H,2-14H2,1H3;2*1H. The van der Waals surface area contributed by atoms with Gasteiger partial charge in [0.15, 0.2) is 0 Å². The van der Waals surface area contributed by atoms with Crippen LogP contribution in [0.4, 0.5) is 0 Å². The van der Waals surface area contributed by atoms with Gasteiger partial charge >= 0.3 is 0 Å². The second-order valence-corrected chi connectivity index (χ2v) is 7.83. The summed E-state index contributed by atoms with van der Waals surface area (Å²) >= 11 is 0. The first kappa shape index (κ1) is 21.9. The van der Waals surface area contributed by atoms with Gasteiger partial charge in [-0.05, 0) is 71.2 Å². The lowest BCUT2D eigenvalue weighted by Crippen LogP contribution is -2.47. The molecular formula is C18H34Cl2N6. The number of piperidine rings is 2. The smallest absolute Gasteiger partial charge is 0.146 e. The molecule has 8 heteroatoms. The van der Waals surface area contributed by atoms with Gasteiger partial charge in [-0.1, -0.05) is 0 Å². The zero-order valence-corrected chi connectivity index (χ0v) is 17.5. The van der Waals surface area contributed by atoms with Gasteiger partial charge in [0, 0.05) is 25.6 Å². The third-order valence-electron chi connectivity index (χ3n) is 6.21. The molecule has 4 heterocycles. The van der Waals surface area contributed by atoms with Crippen molar-refractivity contribution in [3.63, 3.8) is 0 Å². The van der Waals surface area contributed by atoms with E-state index in [9.17, 15) is 0 Å². The number of hydrogen-bond acceptors (Lipinski definition) is 5. The summed E-state index contributed by atoms with van der Waals surface area (Å²) in [5.74, 6) is 2.91. The molecule has 0 saturated carbocycles. The normalized spacial score (nSPS) is 25.7. The predicted molar refractivity (Wildman–Crippen MR) is 109 cm³/mol.